The van der Waals surface area contributed by atoms with Crippen molar-refractivity contribution in [3.63, 3.8) is 0 Å². The Labute approximate surface area is 144 Å². The maximum absolute atomic E-state index is 12.0. The van der Waals surface area contributed by atoms with Crippen LogP contribution < -0.4 is 10.6 Å². The third-order valence-electron chi connectivity index (χ3n) is 5.61. The fraction of sp³-hybridized carbons (Fsp3) is 0.529. The van der Waals surface area contributed by atoms with Crippen molar-refractivity contribution in [2.24, 2.45) is 18.9 Å². The molecular weight excluding hydrogens is 318 g/mol. The van der Waals surface area contributed by atoms with Crippen molar-refractivity contribution in [3.05, 3.63) is 40.5 Å². The van der Waals surface area contributed by atoms with Gasteiger partial charge in [-0.25, -0.2) is 19.4 Å². The first kappa shape index (κ1) is 14.7. The molecule has 0 spiro atoms. The van der Waals surface area contributed by atoms with Crippen LogP contribution in [0.1, 0.15) is 36.8 Å². The lowest BCUT2D eigenvalue weighted by Crippen LogP contribution is -2.31. The topological polar surface area (TPSA) is 84.1 Å². The van der Waals surface area contributed by atoms with Gasteiger partial charge in [0.25, 0.3) is 0 Å². The van der Waals surface area contributed by atoms with Crippen LogP contribution >= 0.6 is 0 Å². The number of aromatic nitrogens is 6. The second kappa shape index (κ2) is 5.18. The lowest BCUT2D eigenvalue weighted by molar-refractivity contribution is 0.405. The minimum absolute atomic E-state index is 0.0736. The van der Waals surface area contributed by atoms with E-state index in [0.717, 1.165) is 41.7 Å². The lowest BCUT2D eigenvalue weighted by atomic mass is 9.94. The quantitative estimate of drug-likeness (QED) is 0.780. The van der Waals surface area contributed by atoms with Gasteiger partial charge in [0.05, 0.1) is 24.1 Å². The fourth-order valence-corrected chi connectivity index (χ4v) is 4.26. The maximum atomic E-state index is 12.0. The molecule has 2 fully saturated rings. The molecule has 3 aromatic heterocycles. The number of hydrogen-bond donors (Lipinski definition) is 1. The molecule has 3 aromatic rings. The normalized spacial score (nSPS) is 23.7. The molecular formula is C17H21N7O. The van der Waals surface area contributed by atoms with Crippen molar-refractivity contribution >= 4 is 11.3 Å². The fourth-order valence-electron chi connectivity index (χ4n) is 4.26. The summed E-state index contributed by atoms with van der Waals surface area (Å²) in [5.41, 5.74) is 1.76. The van der Waals surface area contributed by atoms with E-state index in [1.165, 1.54) is 12.8 Å². The third kappa shape index (κ3) is 2.20. The second-order valence-corrected chi connectivity index (χ2v) is 7.24. The molecule has 0 bridgehead atoms. The van der Waals surface area contributed by atoms with E-state index in [9.17, 15) is 4.79 Å². The van der Waals surface area contributed by atoms with Gasteiger partial charge in [0.15, 0.2) is 11.6 Å². The van der Waals surface area contributed by atoms with Gasteiger partial charge in [-0.2, -0.15) is 10.2 Å². The van der Waals surface area contributed by atoms with Crippen LogP contribution in [-0.2, 0) is 7.05 Å². The first-order chi connectivity index (χ1) is 12.1. The summed E-state index contributed by atoms with van der Waals surface area (Å²) in [4.78, 5) is 19.1. The summed E-state index contributed by atoms with van der Waals surface area (Å²) in [5, 5.41) is 11.3. The predicted molar refractivity (Wildman–Crippen MR) is 92.5 cm³/mol. The summed E-state index contributed by atoms with van der Waals surface area (Å²) in [5.74, 6) is 2.98. The minimum Gasteiger partial charge on any atom is -0.344 e. The van der Waals surface area contributed by atoms with Gasteiger partial charge in [0, 0.05) is 13.6 Å². The van der Waals surface area contributed by atoms with Gasteiger partial charge in [-0.1, -0.05) is 0 Å². The number of nitrogens with one attached hydrogen (secondary N) is 1. The van der Waals surface area contributed by atoms with Crippen LogP contribution in [0.25, 0.3) is 5.52 Å². The van der Waals surface area contributed by atoms with Crippen LogP contribution in [0.3, 0.4) is 0 Å². The van der Waals surface area contributed by atoms with Crippen molar-refractivity contribution in [2.75, 3.05) is 11.4 Å². The minimum atomic E-state index is -0.164. The van der Waals surface area contributed by atoms with E-state index in [0.29, 0.717) is 5.92 Å². The number of hydrogen-bond acceptors (Lipinski definition) is 5. The van der Waals surface area contributed by atoms with Gasteiger partial charge in [-0.15, -0.1) is 0 Å². The van der Waals surface area contributed by atoms with Crippen LogP contribution in [0.2, 0.25) is 0 Å². The van der Waals surface area contributed by atoms with E-state index in [2.05, 4.69) is 20.2 Å². The summed E-state index contributed by atoms with van der Waals surface area (Å²) in [7, 11) is 1.79. The monoisotopic (exact) mass is 339 g/mol. The van der Waals surface area contributed by atoms with Crippen LogP contribution in [-0.4, -0.2) is 35.9 Å². The van der Waals surface area contributed by atoms with Crippen molar-refractivity contribution < 1.29 is 0 Å². The summed E-state index contributed by atoms with van der Waals surface area (Å²) < 4.78 is 3.52. The van der Waals surface area contributed by atoms with Crippen molar-refractivity contribution in [3.8, 4) is 0 Å². The highest BCUT2D eigenvalue weighted by molar-refractivity contribution is 5.69. The van der Waals surface area contributed by atoms with Gasteiger partial charge >= 0.3 is 5.69 Å². The zero-order valence-electron chi connectivity index (χ0n) is 14.4. The summed E-state index contributed by atoms with van der Waals surface area (Å²) in [6.45, 7) is 2.91. The maximum Gasteiger partial charge on any atom is 0.343 e. The summed E-state index contributed by atoms with van der Waals surface area (Å²) >= 11 is 0. The highest BCUT2D eigenvalue weighted by Crippen LogP contribution is 2.51. The molecule has 5 rings (SSSR count). The molecule has 8 nitrogen and oxygen atoms in total. The summed E-state index contributed by atoms with van der Waals surface area (Å²) in [6.07, 6.45) is 7.39. The van der Waals surface area contributed by atoms with Crippen molar-refractivity contribution in [1.29, 1.82) is 0 Å². The molecule has 25 heavy (non-hydrogen) atoms. The molecule has 4 heterocycles. The number of rotatable bonds is 3. The van der Waals surface area contributed by atoms with Crippen LogP contribution in [0, 0.1) is 18.8 Å². The zero-order chi connectivity index (χ0) is 17.1. The first-order valence-electron chi connectivity index (χ1n) is 8.82. The Kier molecular flexibility index (Phi) is 3.04. The van der Waals surface area contributed by atoms with Crippen LogP contribution in [0.5, 0.6) is 0 Å². The van der Waals surface area contributed by atoms with E-state index in [-0.39, 0.29) is 11.7 Å². The van der Waals surface area contributed by atoms with Crippen LogP contribution in [0.15, 0.2) is 23.3 Å². The highest BCUT2D eigenvalue weighted by atomic mass is 16.1. The third-order valence-corrected chi connectivity index (χ3v) is 5.61. The average molecular weight is 339 g/mol. The number of aryl methyl sites for hydroxylation is 1. The van der Waals surface area contributed by atoms with E-state index < -0.39 is 0 Å². The molecule has 2 aliphatic rings. The molecule has 2 unspecified atom stereocenters. The molecule has 1 aliphatic carbocycles. The van der Waals surface area contributed by atoms with Gasteiger partial charge in [0.2, 0.25) is 0 Å². The van der Waals surface area contributed by atoms with E-state index in [1.54, 1.807) is 17.8 Å². The smallest absolute Gasteiger partial charge is 0.343 e. The van der Waals surface area contributed by atoms with E-state index >= 15 is 0 Å². The van der Waals surface area contributed by atoms with Gasteiger partial charge in [0.1, 0.15) is 5.52 Å². The molecule has 1 aliphatic heterocycles. The number of aromatic amines is 1. The summed E-state index contributed by atoms with van der Waals surface area (Å²) in [6, 6.07) is 2.07. The second-order valence-electron chi connectivity index (χ2n) is 7.24. The Morgan fingerprint density at radius 3 is 2.84 bits per heavy atom. The number of anilines is 1. The number of fused-ring (bicyclic) bond motifs is 1. The van der Waals surface area contributed by atoms with Crippen LogP contribution in [0.4, 0.5) is 5.82 Å². The highest BCUT2D eigenvalue weighted by Gasteiger charge is 2.46. The van der Waals surface area contributed by atoms with E-state index in [1.807, 2.05) is 23.7 Å². The molecule has 130 valence electrons. The lowest BCUT2D eigenvalue weighted by Gasteiger charge is -2.29. The van der Waals surface area contributed by atoms with Gasteiger partial charge in [-0.3, -0.25) is 4.57 Å². The van der Waals surface area contributed by atoms with Gasteiger partial charge < -0.3 is 4.90 Å². The van der Waals surface area contributed by atoms with Crippen molar-refractivity contribution in [2.45, 2.75) is 32.2 Å². The molecule has 0 amide bonds. The first-order valence-corrected chi connectivity index (χ1v) is 8.82. The molecule has 0 aromatic carbocycles. The molecule has 0 radical (unpaired) electrons. The Hall–Kier alpha value is -2.64. The Morgan fingerprint density at radius 2 is 2.12 bits per heavy atom. The number of nitrogens with zero attached hydrogens (tertiary/aromatic N) is 6. The number of H-pyrrole nitrogens is 1. The zero-order valence-corrected chi connectivity index (χ0v) is 14.4. The molecule has 8 heteroatoms. The Morgan fingerprint density at radius 1 is 1.28 bits per heavy atom. The Balaban J connectivity index is 1.67. The average Bonchev–Trinajstić information content (AvgIpc) is 3.02. The standard InChI is InChI=1S/C17H21N7O/c1-10-9-24-13(5-7-18-24)15(19-10)23-8-6-12(11-3-4-11)14(23)16-20-21-17(25)22(16)2/h5,7,9,11-12,14H,3-4,6,8H2,1-2H3,(H,21,25). The molecule has 1 N–H and O–H groups in total. The SMILES string of the molecule is Cc1cn2nccc2c(N2CCC(C3CC3)C2c2n[nH]c(=O)n2C)n1. The largest absolute Gasteiger partial charge is 0.344 e. The molecule has 2 atom stereocenters. The van der Waals surface area contributed by atoms with Crippen molar-refractivity contribution in [1.82, 2.24) is 29.4 Å². The predicted octanol–water partition coefficient (Wildman–Crippen LogP) is 1.44. The van der Waals surface area contributed by atoms with Gasteiger partial charge in [-0.05, 0) is 44.1 Å². The molecule has 1 saturated carbocycles. The Bertz CT molecular complexity index is 996. The van der Waals surface area contributed by atoms with E-state index in [4.69, 9.17) is 4.98 Å². The molecule has 1 saturated heterocycles.